The fourth-order valence-electron chi connectivity index (χ4n) is 11.6. The van der Waals surface area contributed by atoms with Crippen molar-refractivity contribution in [2.75, 3.05) is 39.6 Å². The average molecular weight is 1400 g/mol. The Morgan fingerprint density at radius 3 is 0.716 bits per heavy atom. The summed E-state index contributed by atoms with van der Waals surface area (Å²) in [6.07, 6.45) is 52.8. The summed E-state index contributed by atoms with van der Waals surface area (Å²) in [5.74, 6) is 0.135. The Balaban J connectivity index is 5.23. The number of aliphatic hydroxyl groups is 1. The SMILES string of the molecule is CCCCCCCCCCCCCCCCC(=O)O[C@H](COC(=O)CCCCCCCCC(C)C)COP(=O)(O)OC[C@H](O)COP(=O)(O)OC[C@@H](COC(=O)CCCCCCCCCCCCCC(C)C)OC(=O)CCCCCCCCCCCCCCCCCC(C)C. The van der Waals surface area contributed by atoms with E-state index in [2.05, 4.69) is 48.5 Å². The van der Waals surface area contributed by atoms with E-state index >= 15 is 0 Å². The van der Waals surface area contributed by atoms with Crippen LogP contribution < -0.4 is 0 Å². The fraction of sp³-hybridized carbons (Fsp3) is 0.947. The second-order valence-electron chi connectivity index (χ2n) is 28.8. The molecule has 0 aromatic heterocycles. The predicted molar refractivity (Wildman–Crippen MR) is 386 cm³/mol. The predicted octanol–water partition coefficient (Wildman–Crippen LogP) is 22.2. The molecule has 95 heavy (non-hydrogen) atoms. The first-order chi connectivity index (χ1) is 45.7. The fourth-order valence-corrected chi connectivity index (χ4v) is 13.2. The van der Waals surface area contributed by atoms with Crippen LogP contribution in [0.3, 0.4) is 0 Å². The average Bonchev–Trinajstić information content (AvgIpc) is 2.24. The van der Waals surface area contributed by atoms with Crippen molar-refractivity contribution < 1.29 is 80.2 Å². The highest BCUT2D eigenvalue weighted by Crippen LogP contribution is 2.45. The normalized spacial score (nSPS) is 14.1. The third kappa shape index (κ3) is 70.3. The molecular formula is C76H148O17P2. The van der Waals surface area contributed by atoms with Gasteiger partial charge in [0.1, 0.15) is 19.3 Å². The first kappa shape index (κ1) is 93.1. The summed E-state index contributed by atoms with van der Waals surface area (Å²) in [5.41, 5.74) is 0. The second-order valence-corrected chi connectivity index (χ2v) is 31.7. The van der Waals surface area contributed by atoms with E-state index < -0.39 is 97.5 Å². The van der Waals surface area contributed by atoms with E-state index in [4.69, 9.17) is 37.0 Å². The number of esters is 4. The number of carbonyl (C=O) groups excluding carboxylic acids is 4. The maximum atomic E-state index is 13.1. The molecule has 0 saturated heterocycles. The highest BCUT2D eigenvalue weighted by Gasteiger charge is 2.30. The van der Waals surface area contributed by atoms with Gasteiger partial charge in [0.15, 0.2) is 12.2 Å². The number of unbranched alkanes of at least 4 members (excludes halogenated alkanes) is 42. The first-order valence-corrected chi connectivity index (χ1v) is 42.3. The zero-order chi connectivity index (χ0) is 70.1. The molecule has 0 radical (unpaired) electrons. The minimum absolute atomic E-state index is 0.107. The summed E-state index contributed by atoms with van der Waals surface area (Å²) < 4.78 is 68.5. The van der Waals surface area contributed by atoms with Gasteiger partial charge in [0.25, 0.3) is 0 Å². The van der Waals surface area contributed by atoms with Gasteiger partial charge in [0.2, 0.25) is 0 Å². The smallest absolute Gasteiger partial charge is 0.462 e. The number of aliphatic hydroxyl groups excluding tert-OH is 1. The summed E-state index contributed by atoms with van der Waals surface area (Å²) in [6, 6.07) is 0. The molecule has 0 aliphatic rings. The van der Waals surface area contributed by atoms with Crippen LogP contribution in [0.2, 0.25) is 0 Å². The molecule has 0 amide bonds. The van der Waals surface area contributed by atoms with Gasteiger partial charge in [0.05, 0.1) is 26.4 Å². The van der Waals surface area contributed by atoms with E-state index in [9.17, 15) is 43.2 Å². The number of phosphoric ester groups is 2. The third-order valence-corrected chi connectivity index (χ3v) is 19.5. The molecule has 0 aliphatic heterocycles. The Kier molecular flexibility index (Phi) is 65.2. The van der Waals surface area contributed by atoms with Crippen molar-refractivity contribution in [1.82, 2.24) is 0 Å². The monoisotopic (exact) mass is 1400 g/mol. The molecule has 0 aromatic carbocycles. The Hall–Kier alpha value is -1.94. The van der Waals surface area contributed by atoms with Crippen LogP contribution in [-0.4, -0.2) is 96.7 Å². The van der Waals surface area contributed by atoms with E-state index in [0.717, 1.165) is 108 Å². The lowest BCUT2D eigenvalue weighted by atomic mass is 10.0. The van der Waals surface area contributed by atoms with E-state index in [1.807, 2.05) is 0 Å². The number of hydrogen-bond acceptors (Lipinski definition) is 15. The molecule has 0 aromatic rings. The van der Waals surface area contributed by atoms with E-state index in [-0.39, 0.29) is 25.7 Å². The van der Waals surface area contributed by atoms with Crippen LogP contribution in [0, 0.1) is 17.8 Å². The third-order valence-electron chi connectivity index (χ3n) is 17.6. The molecule has 19 heteroatoms. The zero-order valence-corrected chi connectivity index (χ0v) is 63.9. The molecule has 0 bridgehead atoms. The van der Waals surface area contributed by atoms with Crippen molar-refractivity contribution in [2.45, 2.75) is 407 Å². The van der Waals surface area contributed by atoms with Gasteiger partial charge in [-0.15, -0.1) is 0 Å². The van der Waals surface area contributed by atoms with Crippen molar-refractivity contribution in [3.8, 4) is 0 Å². The van der Waals surface area contributed by atoms with Gasteiger partial charge < -0.3 is 33.8 Å². The molecule has 3 N–H and O–H groups in total. The van der Waals surface area contributed by atoms with Crippen LogP contribution in [0.1, 0.15) is 389 Å². The minimum Gasteiger partial charge on any atom is -0.462 e. The molecule has 0 aliphatic carbocycles. The standard InChI is InChI=1S/C76H148O17P2/c1-8-9-10-11-12-13-14-15-20-25-31-36-45-52-59-76(81)93-72(64-87-74(79)58-51-44-39-38-42-49-56-69(6)7)66-91-95(84,85)89-62-70(77)61-88-94(82,83)90-65-71(63-86-73(78)57-50-43-35-30-27-22-24-29-34-41-48-55-68(4)5)92-75(80)60-53-46-37-32-26-21-18-16-17-19-23-28-33-40-47-54-67(2)3/h67-72,77H,8-66H2,1-7H3,(H,82,83)(H,84,85)/t70-,71-,72-/m1/s1. The Morgan fingerprint density at radius 2 is 0.484 bits per heavy atom. The van der Waals surface area contributed by atoms with Crippen molar-refractivity contribution in [3.05, 3.63) is 0 Å². The summed E-state index contributed by atoms with van der Waals surface area (Å²) >= 11 is 0. The largest absolute Gasteiger partial charge is 0.472 e. The molecule has 0 heterocycles. The van der Waals surface area contributed by atoms with Gasteiger partial charge in [-0.3, -0.25) is 37.3 Å². The molecular weight excluding hydrogens is 1250 g/mol. The lowest BCUT2D eigenvalue weighted by Crippen LogP contribution is -2.30. The quantitative estimate of drug-likeness (QED) is 0.0222. The maximum absolute atomic E-state index is 13.1. The van der Waals surface area contributed by atoms with Gasteiger partial charge in [-0.2, -0.15) is 0 Å². The lowest BCUT2D eigenvalue weighted by molar-refractivity contribution is -0.161. The molecule has 5 atom stereocenters. The van der Waals surface area contributed by atoms with Crippen LogP contribution >= 0.6 is 15.6 Å². The number of rotatable bonds is 74. The van der Waals surface area contributed by atoms with E-state index in [0.29, 0.717) is 31.6 Å². The molecule has 0 fully saturated rings. The van der Waals surface area contributed by atoms with Crippen molar-refractivity contribution in [2.24, 2.45) is 17.8 Å². The van der Waals surface area contributed by atoms with Gasteiger partial charge in [0, 0.05) is 25.7 Å². The van der Waals surface area contributed by atoms with Crippen molar-refractivity contribution >= 4 is 39.5 Å². The van der Waals surface area contributed by atoms with Crippen LogP contribution in [0.25, 0.3) is 0 Å². The molecule has 17 nitrogen and oxygen atoms in total. The summed E-state index contributed by atoms with van der Waals surface area (Å²) in [7, 11) is -9.91. The maximum Gasteiger partial charge on any atom is 0.472 e. The van der Waals surface area contributed by atoms with Gasteiger partial charge in [-0.25, -0.2) is 9.13 Å². The highest BCUT2D eigenvalue weighted by atomic mass is 31.2. The van der Waals surface area contributed by atoms with Crippen LogP contribution in [0.4, 0.5) is 0 Å². The Bertz CT molecular complexity index is 1850. The summed E-state index contributed by atoms with van der Waals surface area (Å²) in [4.78, 5) is 72.8. The van der Waals surface area contributed by atoms with Crippen molar-refractivity contribution in [3.63, 3.8) is 0 Å². The molecule has 2 unspecified atom stereocenters. The van der Waals surface area contributed by atoms with E-state index in [1.165, 1.54) is 193 Å². The topological polar surface area (TPSA) is 237 Å². The highest BCUT2D eigenvalue weighted by molar-refractivity contribution is 7.47. The van der Waals surface area contributed by atoms with Crippen LogP contribution in [-0.2, 0) is 65.4 Å². The van der Waals surface area contributed by atoms with Crippen molar-refractivity contribution in [1.29, 1.82) is 0 Å². The lowest BCUT2D eigenvalue weighted by Gasteiger charge is -2.21. The number of hydrogen-bond donors (Lipinski definition) is 3. The number of carbonyl (C=O) groups is 4. The van der Waals surface area contributed by atoms with Gasteiger partial charge in [-0.1, -0.05) is 337 Å². The Labute approximate surface area is 581 Å². The van der Waals surface area contributed by atoms with E-state index in [1.54, 1.807) is 0 Å². The molecule has 0 saturated carbocycles. The summed E-state index contributed by atoms with van der Waals surface area (Å²) in [6.45, 7) is 11.9. The Morgan fingerprint density at radius 1 is 0.284 bits per heavy atom. The van der Waals surface area contributed by atoms with Gasteiger partial charge in [-0.05, 0) is 43.4 Å². The number of ether oxygens (including phenoxy) is 4. The first-order valence-electron chi connectivity index (χ1n) is 39.3. The molecule has 564 valence electrons. The minimum atomic E-state index is -4.96. The zero-order valence-electron chi connectivity index (χ0n) is 62.1. The van der Waals surface area contributed by atoms with Crippen LogP contribution in [0.15, 0.2) is 0 Å². The van der Waals surface area contributed by atoms with Crippen LogP contribution in [0.5, 0.6) is 0 Å². The molecule has 0 rings (SSSR count). The van der Waals surface area contributed by atoms with Gasteiger partial charge >= 0.3 is 39.5 Å². The molecule has 0 spiro atoms. The summed E-state index contributed by atoms with van der Waals surface area (Å²) in [5, 5.41) is 10.6. The number of phosphoric acid groups is 2. The second kappa shape index (κ2) is 66.6.